The second-order valence-corrected chi connectivity index (χ2v) is 12.0. The third-order valence-corrected chi connectivity index (χ3v) is 7.04. The van der Waals surface area contributed by atoms with E-state index in [2.05, 4.69) is 67.0 Å². The lowest BCUT2D eigenvalue weighted by atomic mass is 10.1. The van der Waals surface area contributed by atoms with E-state index < -0.39 is 32.5 Å². The average molecular weight is 639 g/mol. The highest BCUT2D eigenvalue weighted by atomic mass is 31.2. The molecule has 0 aliphatic heterocycles. The molecule has 1 atom stereocenters. The van der Waals surface area contributed by atoms with Crippen LogP contribution in [0.3, 0.4) is 0 Å². The third-order valence-electron chi connectivity index (χ3n) is 6.55. The van der Waals surface area contributed by atoms with Crippen molar-refractivity contribution in [3.8, 4) is 0 Å². The van der Waals surface area contributed by atoms with Crippen LogP contribution >= 0.6 is 7.82 Å². The molecule has 0 bridgehead atoms. The van der Waals surface area contributed by atoms with E-state index in [1.165, 1.54) is 44.9 Å². The number of carbonyl (C=O) groups excluding carboxylic acids is 2. The Labute approximate surface area is 267 Å². The van der Waals surface area contributed by atoms with Crippen molar-refractivity contribution < 1.29 is 37.9 Å². The van der Waals surface area contributed by atoms with Crippen molar-refractivity contribution in [2.75, 3.05) is 13.2 Å². The van der Waals surface area contributed by atoms with Crippen molar-refractivity contribution in [1.29, 1.82) is 0 Å². The molecular formula is C35H59O8P. The molecule has 0 aliphatic rings. The molecule has 0 aliphatic carbocycles. The second kappa shape index (κ2) is 30.8. The molecule has 0 aromatic rings. The van der Waals surface area contributed by atoms with Crippen LogP contribution in [0.2, 0.25) is 0 Å². The van der Waals surface area contributed by atoms with Gasteiger partial charge in [0.2, 0.25) is 0 Å². The highest BCUT2D eigenvalue weighted by molar-refractivity contribution is 7.46. The summed E-state index contributed by atoms with van der Waals surface area (Å²) in [5, 5.41) is 0. The summed E-state index contributed by atoms with van der Waals surface area (Å²) in [6.07, 6.45) is 36.9. The number of esters is 2. The van der Waals surface area contributed by atoms with Crippen molar-refractivity contribution in [2.45, 2.75) is 136 Å². The van der Waals surface area contributed by atoms with E-state index >= 15 is 0 Å². The van der Waals surface area contributed by atoms with Crippen LogP contribution in [0, 0.1) is 0 Å². The molecule has 0 spiro atoms. The van der Waals surface area contributed by atoms with Gasteiger partial charge < -0.3 is 19.3 Å². The van der Waals surface area contributed by atoms with E-state index in [9.17, 15) is 14.2 Å². The fraction of sp³-hybridized carbons (Fsp3) is 0.657. The largest absolute Gasteiger partial charge is 0.469 e. The Morgan fingerprint density at radius 3 is 1.61 bits per heavy atom. The van der Waals surface area contributed by atoms with E-state index in [4.69, 9.17) is 19.3 Å². The molecule has 0 aromatic heterocycles. The predicted molar refractivity (Wildman–Crippen MR) is 179 cm³/mol. The molecule has 0 rings (SSSR count). The quantitative estimate of drug-likeness (QED) is 0.0360. The second-order valence-electron chi connectivity index (χ2n) is 10.8. The van der Waals surface area contributed by atoms with Gasteiger partial charge >= 0.3 is 19.8 Å². The Bertz CT molecular complexity index is 900. The van der Waals surface area contributed by atoms with Gasteiger partial charge in [-0.2, -0.15) is 0 Å². The molecule has 0 aromatic carbocycles. The van der Waals surface area contributed by atoms with Gasteiger partial charge in [0.25, 0.3) is 0 Å². The van der Waals surface area contributed by atoms with E-state index in [0.29, 0.717) is 12.8 Å². The maximum absolute atomic E-state index is 12.2. The molecule has 252 valence electrons. The number of unbranched alkanes of at least 4 members (excludes halogenated alkanes) is 9. The van der Waals surface area contributed by atoms with Crippen LogP contribution in [0.15, 0.2) is 60.8 Å². The first-order valence-corrected chi connectivity index (χ1v) is 18.1. The minimum Gasteiger partial charge on any atom is -0.462 e. The summed E-state index contributed by atoms with van der Waals surface area (Å²) in [4.78, 5) is 42.3. The molecule has 8 nitrogen and oxygen atoms in total. The van der Waals surface area contributed by atoms with Crippen LogP contribution in [0.4, 0.5) is 0 Å². The number of carbonyl (C=O) groups is 2. The SMILES string of the molecule is CCCCC/C=C/C/C=C/C/C=C/C/C=C/C/C=C/CCC(=O)O[C@H](COC(=O)CCCCCCCCC)COP(=O)(O)O. The summed E-state index contributed by atoms with van der Waals surface area (Å²) in [6, 6.07) is 0. The zero-order chi connectivity index (χ0) is 32.6. The van der Waals surface area contributed by atoms with E-state index in [1.54, 1.807) is 0 Å². The van der Waals surface area contributed by atoms with Crippen molar-refractivity contribution in [3.05, 3.63) is 60.8 Å². The lowest BCUT2D eigenvalue weighted by molar-refractivity contribution is -0.161. The van der Waals surface area contributed by atoms with Crippen LogP contribution < -0.4 is 0 Å². The number of phosphoric acid groups is 1. The fourth-order valence-corrected chi connectivity index (χ4v) is 4.42. The summed E-state index contributed by atoms with van der Waals surface area (Å²) in [6.45, 7) is 3.50. The summed E-state index contributed by atoms with van der Waals surface area (Å²) in [7, 11) is -4.76. The maximum atomic E-state index is 12.2. The van der Waals surface area contributed by atoms with Crippen LogP contribution in [-0.2, 0) is 28.2 Å². The first-order valence-electron chi connectivity index (χ1n) is 16.6. The minimum absolute atomic E-state index is 0.0868. The Morgan fingerprint density at radius 1 is 0.591 bits per heavy atom. The molecule has 0 heterocycles. The number of ether oxygens (including phenoxy) is 2. The number of allylic oxidation sites excluding steroid dienone is 10. The standard InChI is InChI=1S/C35H59O8P/c1-3-5-7-9-11-12-13-14-15-16-17-18-19-20-21-22-24-26-28-30-35(37)43-33(32-42-44(38,39)40)31-41-34(36)29-27-25-23-10-8-6-4-2/h11-12,14-15,17-18,20-21,24,26,33H,3-10,13,16,19,22-23,25,27-32H2,1-2H3,(H2,38,39,40)/b12-11+,15-14+,18-17+,21-20+,26-24+/t33-/m1/s1. The first-order chi connectivity index (χ1) is 21.3. The Kier molecular flexibility index (Phi) is 29.2. The predicted octanol–water partition coefficient (Wildman–Crippen LogP) is 9.39. The van der Waals surface area contributed by atoms with Gasteiger partial charge in [0.15, 0.2) is 6.10 Å². The third kappa shape index (κ3) is 32.7. The molecule has 0 amide bonds. The lowest BCUT2D eigenvalue weighted by Crippen LogP contribution is -2.29. The molecule has 0 saturated carbocycles. The molecule has 44 heavy (non-hydrogen) atoms. The highest BCUT2D eigenvalue weighted by Crippen LogP contribution is 2.35. The molecular weight excluding hydrogens is 579 g/mol. The Hall–Kier alpha value is -2.25. The highest BCUT2D eigenvalue weighted by Gasteiger charge is 2.22. The van der Waals surface area contributed by atoms with Crippen molar-refractivity contribution in [3.63, 3.8) is 0 Å². The molecule has 0 fully saturated rings. The number of rotatable bonds is 29. The van der Waals surface area contributed by atoms with E-state index in [1.807, 2.05) is 12.2 Å². The summed E-state index contributed by atoms with van der Waals surface area (Å²) < 4.78 is 26.0. The number of hydrogen-bond donors (Lipinski definition) is 2. The van der Waals surface area contributed by atoms with Crippen LogP contribution in [0.25, 0.3) is 0 Å². The minimum atomic E-state index is -4.76. The van der Waals surface area contributed by atoms with Gasteiger partial charge in [0.1, 0.15) is 6.61 Å². The van der Waals surface area contributed by atoms with Crippen molar-refractivity contribution in [1.82, 2.24) is 0 Å². The zero-order valence-electron chi connectivity index (χ0n) is 27.3. The molecule has 0 unspecified atom stereocenters. The maximum Gasteiger partial charge on any atom is 0.469 e. The smallest absolute Gasteiger partial charge is 0.462 e. The Morgan fingerprint density at radius 2 is 1.07 bits per heavy atom. The molecule has 0 saturated heterocycles. The fourth-order valence-electron chi connectivity index (χ4n) is 4.06. The first kappa shape index (κ1) is 41.8. The lowest BCUT2D eigenvalue weighted by Gasteiger charge is -2.18. The average Bonchev–Trinajstić information content (AvgIpc) is 2.98. The van der Waals surface area contributed by atoms with Gasteiger partial charge in [-0.25, -0.2) is 4.57 Å². The van der Waals surface area contributed by atoms with Gasteiger partial charge in [-0.05, 0) is 51.4 Å². The van der Waals surface area contributed by atoms with Crippen LogP contribution in [0.1, 0.15) is 129 Å². The summed E-state index contributed by atoms with van der Waals surface area (Å²) in [5.74, 6) is -0.995. The van der Waals surface area contributed by atoms with E-state index in [-0.39, 0.29) is 19.4 Å². The van der Waals surface area contributed by atoms with Gasteiger partial charge in [-0.15, -0.1) is 0 Å². The normalized spacial score (nSPS) is 13.3. The van der Waals surface area contributed by atoms with Gasteiger partial charge in [-0.1, -0.05) is 126 Å². The zero-order valence-corrected chi connectivity index (χ0v) is 28.2. The van der Waals surface area contributed by atoms with Crippen LogP contribution in [0.5, 0.6) is 0 Å². The van der Waals surface area contributed by atoms with Crippen molar-refractivity contribution in [2.24, 2.45) is 0 Å². The number of phosphoric ester groups is 1. The topological polar surface area (TPSA) is 119 Å². The monoisotopic (exact) mass is 638 g/mol. The van der Waals surface area contributed by atoms with Gasteiger partial charge in [-0.3, -0.25) is 14.1 Å². The van der Waals surface area contributed by atoms with E-state index in [0.717, 1.165) is 44.9 Å². The molecule has 9 heteroatoms. The Balaban J connectivity index is 4.16. The molecule has 0 radical (unpaired) electrons. The van der Waals surface area contributed by atoms with Gasteiger partial charge in [0, 0.05) is 12.8 Å². The van der Waals surface area contributed by atoms with Crippen LogP contribution in [-0.4, -0.2) is 41.0 Å². The number of hydrogen-bond acceptors (Lipinski definition) is 6. The summed E-state index contributed by atoms with van der Waals surface area (Å²) in [5.41, 5.74) is 0. The molecule has 2 N–H and O–H groups in total. The van der Waals surface area contributed by atoms with Crippen molar-refractivity contribution >= 4 is 19.8 Å². The summed E-state index contributed by atoms with van der Waals surface area (Å²) >= 11 is 0. The van der Waals surface area contributed by atoms with Gasteiger partial charge in [0.05, 0.1) is 6.61 Å².